The second-order valence-corrected chi connectivity index (χ2v) is 10.9. The molecule has 1 aromatic carbocycles. The molecular weight excluding hydrogens is 450 g/mol. The van der Waals surface area contributed by atoms with E-state index in [0.29, 0.717) is 25.9 Å². The highest BCUT2D eigenvalue weighted by molar-refractivity contribution is 7.92. The molecule has 1 aliphatic rings. The van der Waals surface area contributed by atoms with E-state index in [1.165, 1.54) is 26.0 Å². The number of carbonyl (C=O) groups excluding carboxylic acids is 3. The number of benzene rings is 1. The SMILES string of the molecule is CC(C)(CO)C(O)C(=O)NCCC(=O)C(=O)NC(C1CCNCC1)S(=O)(=O)c1ccccc1. The molecule has 2 rings (SSSR count). The number of sulfone groups is 1. The first-order chi connectivity index (χ1) is 15.5. The predicted molar refractivity (Wildman–Crippen MR) is 121 cm³/mol. The summed E-state index contributed by atoms with van der Waals surface area (Å²) < 4.78 is 26.5. The Morgan fingerprint density at radius 1 is 1.15 bits per heavy atom. The number of Topliss-reactive ketones (excluding diaryl/α,β-unsaturated/α-hetero) is 1. The molecule has 1 aliphatic heterocycles. The van der Waals surface area contributed by atoms with Crippen molar-refractivity contribution in [2.75, 3.05) is 26.2 Å². The van der Waals surface area contributed by atoms with Gasteiger partial charge in [-0.05, 0) is 44.0 Å². The second kappa shape index (κ2) is 11.7. The molecule has 184 valence electrons. The molecule has 0 saturated carbocycles. The fourth-order valence-electron chi connectivity index (χ4n) is 3.51. The highest BCUT2D eigenvalue weighted by Gasteiger charge is 2.38. The van der Waals surface area contributed by atoms with Crippen LogP contribution in [0.25, 0.3) is 0 Å². The normalized spacial score (nSPS) is 17.1. The van der Waals surface area contributed by atoms with E-state index in [1.54, 1.807) is 18.2 Å². The molecule has 33 heavy (non-hydrogen) atoms. The number of hydrogen-bond acceptors (Lipinski definition) is 8. The van der Waals surface area contributed by atoms with Crippen LogP contribution in [0.5, 0.6) is 0 Å². The lowest BCUT2D eigenvalue weighted by Crippen LogP contribution is -2.51. The molecule has 5 N–H and O–H groups in total. The van der Waals surface area contributed by atoms with Gasteiger partial charge in [-0.15, -0.1) is 0 Å². The Morgan fingerprint density at radius 3 is 2.33 bits per heavy atom. The van der Waals surface area contributed by atoms with Crippen LogP contribution >= 0.6 is 0 Å². The zero-order valence-electron chi connectivity index (χ0n) is 18.9. The summed E-state index contributed by atoms with van der Waals surface area (Å²) in [5, 5.41) is 25.9. The van der Waals surface area contributed by atoms with Gasteiger partial charge in [-0.1, -0.05) is 32.0 Å². The number of aliphatic hydroxyl groups is 2. The van der Waals surface area contributed by atoms with E-state index < -0.39 is 50.9 Å². The van der Waals surface area contributed by atoms with Gasteiger partial charge >= 0.3 is 0 Å². The fraction of sp³-hybridized carbons (Fsp3) is 0.591. The van der Waals surface area contributed by atoms with E-state index in [2.05, 4.69) is 16.0 Å². The van der Waals surface area contributed by atoms with Crippen LogP contribution in [0.2, 0.25) is 0 Å². The molecule has 1 saturated heterocycles. The number of piperidine rings is 1. The molecule has 0 spiro atoms. The Kier molecular flexibility index (Phi) is 9.53. The minimum Gasteiger partial charge on any atom is -0.396 e. The minimum absolute atomic E-state index is 0.0639. The Balaban J connectivity index is 2.03. The molecule has 1 fully saturated rings. The first-order valence-electron chi connectivity index (χ1n) is 10.9. The van der Waals surface area contributed by atoms with Crippen LogP contribution < -0.4 is 16.0 Å². The predicted octanol–water partition coefficient (Wildman–Crippen LogP) is -0.643. The monoisotopic (exact) mass is 483 g/mol. The van der Waals surface area contributed by atoms with Gasteiger partial charge in [-0.25, -0.2) is 8.42 Å². The maximum absolute atomic E-state index is 13.2. The van der Waals surface area contributed by atoms with Crippen molar-refractivity contribution in [3.63, 3.8) is 0 Å². The quantitative estimate of drug-likeness (QED) is 0.260. The van der Waals surface area contributed by atoms with Gasteiger partial charge in [0, 0.05) is 18.4 Å². The first kappa shape index (κ1) is 26.9. The maximum Gasteiger partial charge on any atom is 0.288 e. The largest absolute Gasteiger partial charge is 0.396 e. The average Bonchev–Trinajstić information content (AvgIpc) is 2.82. The average molecular weight is 484 g/mol. The number of rotatable bonds is 11. The van der Waals surface area contributed by atoms with Gasteiger partial charge in [0.05, 0.1) is 11.5 Å². The van der Waals surface area contributed by atoms with Crippen LogP contribution in [0, 0.1) is 11.3 Å². The topological polar surface area (TPSA) is 162 Å². The number of amides is 2. The van der Waals surface area contributed by atoms with Crippen LogP contribution in [0.3, 0.4) is 0 Å². The standard InChI is InChI=1S/C22H33N3O7S/c1-22(2,14-26)18(28)20(30)24-13-10-17(27)19(29)25-21(15-8-11-23-12-9-15)33(31,32)16-6-4-3-5-7-16/h3-7,15,18,21,23,26,28H,8-14H2,1-2H3,(H,24,30)(H,25,29). The molecule has 1 aromatic rings. The lowest BCUT2D eigenvalue weighted by molar-refractivity contribution is -0.139. The van der Waals surface area contributed by atoms with E-state index in [4.69, 9.17) is 0 Å². The van der Waals surface area contributed by atoms with Crippen molar-refractivity contribution in [3.8, 4) is 0 Å². The highest BCUT2D eigenvalue weighted by Crippen LogP contribution is 2.26. The molecule has 0 aliphatic carbocycles. The Bertz CT molecular complexity index is 929. The van der Waals surface area contributed by atoms with Gasteiger partial charge in [0.1, 0.15) is 11.5 Å². The summed E-state index contributed by atoms with van der Waals surface area (Å²) in [4.78, 5) is 37.0. The van der Waals surface area contributed by atoms with E-state index in [0.717, 1.165) is 0 Å². The summed E-state index contributed by atoms with van der Waals surface area (Å²) >= 11 is 0. The smallest absolute Gasteiger partial charge is 0.288 e. The molecule has 2 amide bonds. The fourth-order valence-corrected chi connectivity index (χ4v) is 5.38. The van der Waals surface area contributed by atoms with Crippen molar-refractivity contribution in [2.45, 2.75) is 49.5 Å². The first-order valence-corrected chi connectivity index (χ1v) is 12.5. The molecule has 0 bridgehead atoms. The zero-order valence-corrected chi connectivity index (χ0v) is 19.7. The molecule has 0 aromatic heterocycles. The summed E-state index contributed by atoms with van der Waals surface area (Å²) in [6, 6.07) is 7.77. The van der Waals surface area contributed by atoms with Gasteiger partial charge in [0.15, 0.2) is 9.84 Å². The summed E-state index contributed by atoms with van der Waals surface area (Å²) in [5.74, 6) is -3.05. The van der Waals surface area contributed by atoms with Gasteiger partial charge in [0.25, 0.3) is 5.91 Å². The Hall–Kier alpha value is -2.34. The molecule has 2 atom stereocenters. The summed E-state index contributed by atoms with van der Waals surface area (Å²) in [5.41, 5.74) is -1.07. The van der Waals surface area contributed by atoms with Gasteiger partial charge in [0.2, 0.25) is 11.7 Å². The van der Waals surface area contributed by atoms with Gasteiger partial charge < -0.3 is 26.2 Å². The summed E-state index contributed by atoms with van der Waals surface area (Å²) in [6.07, 6.45) is -0.806. The maximum atomic E-state index is 13.2. The van der Waals surface area contributed by atoms with Crippen LogP contribution in [0.1, 0.15) is 33.1 Å². The van der Waals surface area contributed by atoms with Crippen molar-refractivity contribution in [2.24, 2.45) is 11.3 Å². The molecule has 10 nitrogen and oxygen atoms in total. The van der Waals surface area contributed by atoms with E-state index in [9.17, 15) is 33.0 Å². The van der Waals surface area contributed by atoms with Crippen molar-refractivity contribution >= 4 is 27.4 Å². The van der Waals surface area contributed by atoms with Crippen molar-refractivity contribution in [1.82, 2.24) is 16.0 Å². The summed E-state index contributed by atoms with van der Waals surface area (Å²) in [7, 11) is -3.93. The minimum atomic E-state index is -3.93. The number of aliphatic hydroxyl groups excluding tert-OH is 2. The van der Waals surface area contributed by atoms with Crippen molar-refractivity contribution in [3.05, 3.63) is 30.3 Å². The number of hydrogen-bond donors (Lipinski definition) is 5. The number of nitrogens with one attached hydrogen (secondary N) is 3. The third kappa shape index (κ3) is 7.07. The highest BCUT2D eigenvalue weighted by atomic mass is 32.2. The zero-order chi connectivity index (χ0) is 24.6. The Morgan fingerprint density at radius 2 is 1.76 bits per heavy atom. The van der Waals surface area contributed by atoms with Crippen LogP contribution in [0.4, 0.5) is 0 Å². The van der Waals surface area contributed by atoms with Gasteiger partial charge in [-0.3, -0.25) is 14.4 Å². The van der Waals surface area contributed by atoms with Crippen LogP contribution in [-0.2, 0) is 24.2 Å². The van der Waals surface area contributed by atoms with Crippen LogP contribution in [0.15, 0.2) is 35.2 Å². The molecular formula is C22H33N3O7S. The molecule has 0 radical (unpaired) electrons. The lowest BCUT2D eigenvalue weighted by Gasteiger charge is -2.31. The van der Waals surface area contributed by atoms with Crippen LogP contribution in [-0.4, -0.2) is 73.9 Å². The van der Waals surface area contributed by atoms with Crippen molar-refractivity contribution in [1.29, 1.82) is 0 Å². The molecule has 1 heterocycles. The number of ketones is 1. The third-order valence-corrected chi connectivity index (χ3v) is 7.89. The second-order valence-electron chi connectivity index (χ2n) is 8.85. The summed E-state index contributed by atoms with van der Waals surface area (Å²) in [6.45, 7) is 3.58. The van der Waals surface area contributed by atoms with E-state index in [1.807, 2.05) is 0 Å². The molecule has 11 heteroatoms. The lowest BCUT2D eigenvalue weighted by atomic mass is 9.87. The van der Waals surface area contributed by atoms with Gasteiger partial charge in [-0.2, -0.15) is 0 Å². The van der Waals surface area contributed by atoms with E-state index in [-0.39, 0.29) is 23.8 Å². The Labute approximate surface area is 194 Å². The third-order valence-electron chi connectivity index (χ3n) is 5.79. The van der Waals surface area contributed by atoms with Crippen molar-refractivity contribution < 1.29 is 33.0 Å². The number of carbonyl (C=O) groups is 3. The van der Waals surface area contributed by atoms with E-state index >= 15 is 0 Å². The molecule has 2 unspecified atom stereocenters.